The number of benzene rings is 1. The summed E-state index contributed by atoms with van der Waals surface area (Å²) in [6.07, 6.45) is 8.13. The molecule has 1 amide bonds. The number of H-pyrrole nitrogens is 1. The van der Waals surface area contributed by atoms with Crippen molar-refractivity contribution in [3.05, 3.63) is 60.9 Å². The molecule has 13 heteroatoms. The van der Waals surface area contributed by atoms with Gasteiger partial charge in [-0.05, 0) is 30.2 Å². The van der Waals surface area contributed by atoms with Crippen LogP contribution in [0.25, 0.3) is 10.9 Å². The van der Waals surface area contributed by atoms with Gasteiger partial charge < -0.3 is 9.80 Å². The molecule has 1 saturated heterocycles. The lowest BCUT2D eigenvalue weighted by Gasteiger charge is -2.44. The van der Waals surface area contributed by atoms with Crippen LogP contribution in [0, 0.1) is 17.4 Å². The van der Waals surface area contributed by atoms with Gasteiger partial charge in [0.05, 0.1) is 29.6 Å². The molecule has 0 radical (unpaired) electrons. The summed E-state index contributed by atoms with van der Waals surface area (Å²) in [4.78, 5) is 38.6. The van der Waals surface area contributed by atoms with E-state index in [1.165, 1.54) is 12.5 Å². The fraction of sp³-hybridized carbons (Fsp3) is 0.280. The van der Waals surface area contributed by atoms with Crippen LogP contribution in [0.4, 0.5) is 17.5 Å². The molecule has 1 aromatic carbocycles. The molecule has 0 aliphatic carbocycles. The van der Waals surface area contributed by atoms with Crippen molar-refractivity contribution >= 4 is 40.2 Å². The van der Waals surface area contributed by atoms with Crippen LogP contribution in [0.2, 0.25) is 0 Å². The first-order chi connectivity index (χ1) is 18.5. The first kappa shape index (κ1) is 24.6. The van der Waals surface area contributed by atoms with Gasteiger partial charge in [-0.15, -0.1) is 0 Å². The average molecular weight is 511 g/mol. The summed E-state index contributed by atoms with van der Waals surface area (Å²) in [7, 11) is 0. The Morgan fingerprint density at radius 1 is 1.16 bits per heavy atom. The summed E-state index contributed by atoms with van der Waals surface area (Å²) in [6, 6.07) is 9.64. The fourth-order valence-electron chi connectivity index (χ4n) is 4.40. The first-order valence-electron chi connectivity index (χ1n) is 12.1. The highest BCUT2D eigenvalue weighted by atomic mass is 16.2. The van der Waals surface area contributed by atoms with Crippen molar-refractivity contribution in [2.24, 2.45) is 10.9 Å². The summed E-state index contributed by atoms with van der Waals surface area (Å²) in [5.41, 5.74) is 1.75. The van der Waals surface area contributed by atoms with E-state index in [4.69, 9.17) is 4.99 Å². The minimum Gasteiger partial charge on any atom is -0.351 e. The summed E-state index contributed by atoms with van der Waals surface area (Å²) in [5, 5.41) is 22.1. The number of guanidine groups is 1. The van der Waals surface area contributed by atoms with Crippen LogP contribution in [0.3, 0.4) is 0 Å². The number of carbonyl (C=O) groups excluding carboxylic acids is 1. The number of nitrogens with zero attached hydrogens (tertiary/aromatic N) is 9. The molecule has 4 aromatic rings. The highest BCUT2D eigenvalue weighted by Gasteiger charge is 2.32. The second kappa shape index (κ2) is 10.9. The van der Waals surface area contributed by atoms with Gasteiger partial charge in [-0.25, -0.2) is 20.1 Å². The zero-order valence-electron chi connectivity index (χ0n) is 20.9. The van der Waals surface area contributed by atoms with E-state index in [2.05, 4.69) is 64.4 Å². The molecule has 38 heavy (non-hydrogen) atoms. The average Bonchev–Trinajstić information content (AvgIpc) is 3.46. The van der Waals surface area contributed by atoms with Crippen molar-refractivity contribution in [3.8, 4) is 6.19 Å². The number of nitriles is 1. The Labute approximate surface area is 218 Å². The Hall–Kier alpha value is -5.12. The highest BCUT2D eigenvalue weighted by molar-refractivity contribution is 6.01. The zero-order valence-corrected chi connectivity index (χ0v) is 20.9. The van der Waals surface area contributed by atoms with Crippen LogP contribution < -0.4 is 15.5 Å². The van der Waals surface area contributed by atoms with E-state index < -0.39 is 5.91 Å². The Morgan fingerprint density at radius 3 is 2.79 bits per heavy atom. The molecule has 3 N–H and O–H groups in total. The number of aromatic amines is 1. The van der Waals surface area contributed by atoms with Crippen LogP contribution in [0.5, 0.6) is 0 Å². The third-order valence-corrected chi connectivity index (χ3v) is 6.32. The lowest BCUT2D eigenvalue weighted by molar-refractivity contribution is 0.102. The van der Waals surface area contributed by atoms with E-state index in [0.29, 0.717) is 31.4 Å². The molecule has 1 aliphatic rings. The Morgan fingerprint density at radius 2 is 2.05 bits per heavy atom. The Bertz CT molecular complexity index is 1470. The number of piperazine rings is 1. The number of aromatic nitrogens is 6. The molecule has 0 spiro atoms. The minimum absolute atomic E-state index is 0.0349. The number of amides is 1. The van der Waals surface area contributed by atoms with Crippen molar-refractivity contribution in [1.82, 2.24) is 40.3 Å². The second-order valence-corrected chi connectivity index (χ2v) is 9.02. The van der Waals surface area contributed by atoms with Gasteiger partial charge in [0.25, 0.3) is 5.91 Å². The predicted octanol–water partition coefficient (Wildman–Crippen LogP) is 2.30. The summed E-state index contributed by atoms with van der Waals surface area (Å²) in [6.45, 7) is 6.14. The molecule has 192 valence electrons. The molecule has 1 unspecified atom stereocenters. The second-order valence-electron chi connectivity index (χ2n) is 9.02. The van der Waals surface area contributed by atoms with Gasteiger partial charge in [0.15, 0.2) is 6.19 Å². The highest BCUT2D eigenvalue weighted by Crippen LogP contribution is 2.26. The number of fused-ring (bicyclic) bond motifs is 1. The van der Waals surface area contributed by atoms with Crippen molar-refractivity contribution in [2.75, 3.05) is 29.9 Å². The van der Waals surface area contributed by atoms with Gasteiger partial charge in [0.2, 0.25) is 11.9 Å². The number of nitrogens with one attached hydrogen (secondary N) is 3. The van der Waals surface area contributed by atoms with Gasteiger partial charge in [-0.3, -0.25) is 20.4 Å². The zero-order chi connectivity index (χ0) is 26.5. The SMILES string of the molecule is CC(C)C1CN(c2cnc(C(=O)Nc3ncn[nH]3)cn2)CCN1C(=Nc1cccc2ncccc12)NC#N. The maximum atomic E-state index is 12.4. The molecule has 5 rings (SSSR count). The van der Waals surface area contributed by atoms with E-state index in [-0.39, 0.29) is 23.6 Å². The Kier molecular flexibility index (Phi) is 7.03. The van der Waals surface area contributed by atoms with Crippen molar-refractivity contribution in [2.45, 2.75) is 19.9 Å². The van der Waals surface area contributed by atoms with Gasteiger partial charge in [-0.2, -0.15) is 15.3 Å². The molecule has 1 fully saturated rings. The van der Waals surface area contributed by atoms with E-state index in [1.807, 2.05) is 36.5 Å². The lowest BCUT2D eigenvalue weighted by Crippen LogP contribution is -2.59. The van der Waals surface area contributed by atoms with E-state index in [1.54, 1.807) is 12.4 Å². The number of anilines is 2. The van der Waals surface area contributed by atoms with Gasteiger partial charge in [-0.1, -0.05) is 19.9 Å². The third-order valence-electron chi connectivity index (χ3n) is 6.32. The van der Waals surface area contributed by atoms with Crippen molar-refractivity contribution in [3.63, 3.8) is 0 Å². The molecule has 1 aliphatic heterocycles. The summed E-state index contributed by atoms with van der Waals surface area (Å²) in [5.74, 6) is 1.21. The first-order valence-corrected chi connectivity index (χ1v) is 12.1. The van der Waals surface area contributed by atoms with Crippen LogP contribution in [-0.4, -0.2) is 72.6 Å². The Balaban J connectivity index is 1.35. The normalized spacial score (nSPS) is 15.9. The van der Waals surface area contributed by atoms with E-state index in [0.717, 1.165) is 16.6 Å². The standard InChI is InChI=1S/C25H26N12O/c1-16(2)21-13-36(22-12-28-20(11-29-22)23(38)34-24-31-15-32-35-24)9-10-37(21)25(30-14-26)33-19-7-3-6-18-17(19)5-4-8-27-18/h3-8,11-12,15-16,21H,9-10,13H2,1-2H3,(H,30,33)(H2,31,32,34,35,38). The molecule has 0 saturated carbocycles. The van der Waals surface area contributed by atoms with Crippen molar-refractivity contribution in [1.29, 1.82) is 5.26 Å². The maximum Gasteiger partial charge on any atom is 0.278 e. The number of rotatable bonds is 5. The largest absolute Gasteiger partial charge is 0.351 e. The molecule has 1 atom stereocenters. The van der Waals surface area contributed by atoms with E-state index >= 15 is 0 Å². The minimum atomic E-state index is -0.433. The smallest absolute Gasteiger partial charge is 0.278 e. The number of hydrogen-bond acceptors (Lipinski definition) is 9. The fourth-order valence-corrected chi connectivity index (χ4v) is 4.40. The van der Waals surface area contributed by atoms with Crippen LogP contribution >= 0.6 is 0 Å². The number of aliphatic imine (C=N–C) groups is 1. The number of pyridine rings is 1. The summed E-state index contributed by atoms with van der Waals surface area (Å²) < 4.78 is 0. The van der Waals surface area contributed by atoms with Gasteiger partial charge in [0, 0.05) is 31.2 Å². The molecule has 3 aromatic heterocycles. The molecule has 4 heterocycles. The summed E-state index contributed by atoms with van der Waals surface area (Å²) >= 11 is 0. The third kappa shape index (κ3) is 5.19. The molecular formula is C25H26N12O. The molecule has 13 nitrogen and oxygen atoms in total. The predicted molar refractivity (Wildman–Crippen MR) is 141 cm³/mol. The number of carbonyl (C=O) groups is 1. The number of hydrogen-bond donors (Lipinski definition) is 3. The molecule has 0 bridgehead atoms. The van der Waals surface area contributed by atoms with Crippen LogP contribution in [0.1, 0.15) is 24.3 Å². The van der Waals surface area contributed by atoms with E-state index in [9.17, 15) is 10.1 Å². The topological polar surface area (TPSA) is 164 Å². The quantitative estimate of drug-likeness (QED) is 0.157. The van der Waals surface area contributed by atoms with Gasteiger partial charge in [0.1, 0.15) is 17.8 Å². The molecular weight excluding hydrogens is 484 g/mol. The monoisotopic (exact) mass is 510 g/mol. The maximum absolute atomic E-state index is 12.4. The van der Waals surface area contributed by atoms with Crippen molar-refractivity contribution < 1.29 is 4.79 Å². The van der Waals surface area contributed by atoms with Gasteiger partial charge >= 0.3 is 0 Å². The van der Waals surface area contributed by atoms with Crippen LogP contribution in [-0.2, 0) is 0 Å². The van der Waals surface area contributed by atoms with Crippen LogP contribution in [0.15, 0.2) is 60.2 Å². The lowest BCUT2D eigenvalue weighted by atomic mass is 10.00.